The van der Waals surface area contributed by atoms with Gasteiger partial charge in [0.05, 0.1) is 19.8 Å². The number of carboxylic acids is 1. The maximum Gasteiger partial charge on any atom is 0.341 e. The van der Waals surface area contributed by atoms with Gasteiger partial charge in [-0.1, -0.05) is 77.9 Å². The fourth-order valence-electron chi connectivity index (χ4n) is 9.19. The Morgan fingerprint density at radius 2 is 1.15 bits per heavy atom. The monoisotopic (exact) mass is 974 g/mol. The summed E-state index contributed by atoms with van der Waals surface area (Å²) in [5.41, 5.74) is 12.5. The van der Waals surface area contributed by atoms with Gasteiger partial charge in [0.15, 0.2) is 22.7 Å². The maximum absolute atomic E-state index is 15.7. The van der Waals surface area contributed by atoms with Crippen LogP contribution in [0.3, 0.4) is 0 Å². The Labute approximate surface area is 417 Å². The minimum absolute atomic E-state index is 0.0840. The molecule has 9 rings (SSSR count). The fourth-order valence-corrected chi connectivity index (χ4v) is 9.19. The number of hydrogen-bond donors (Lipinski definition) is 2. The van der Waals surface area contributed by atoms with Gasteiger partial charge in [0.1, 0.15) is 17.2 Å². The molecule has 2 aliphatic rings. The van der Waals surface area contributed by atoms with Crippen molar-refractivity contribution in [1.29, 1.82) is 0 Å². The zero-order valence-corrected chi connectivity index (χ0v) is 41.0. The highest BCUT2D eigenvalue weighted by molar-refractivity contribution is 5.98. The predicted octanol–water partition coefficient (Wildman–Crippen LogP) is 10.1. The summed E-state index contributed by atoms with van der Waals surface area (Å²) in [6, 6.07) is 27.1. The third-order valence-corrected chi connectivity index (χ3v) is 13.4. The largest absolute Gasteiger partial charge is 0.493 e. The number of nitrogens with zero attached hydrogens (tertiary/aromatic N) is 3. The number of ether oxygens (including phenoxy) is 4. The zero-order chi connectivity index (χ0) is 50.9. The molecule has 2 fully saturated rings. The van der Waals surface area contributed by atoms with Crippen LogP contribution in [0, 0.1) is 31.5 Å². The summed E-state index contributed by atoms with van der Waals surface area (Å²) in [6.07, 6.45) is 11.9. The second-order valence-electron chi connectivity index (χ2n) is 18.5. The van der Waals surface area contributed by atoms with Crippen molar-refractivity contribution in [3.63, 3.8) is 0 Å². The molecule has 0 spiro atoms. The number of ketones is 1. The molecule has 5 heterocycles. The summed E-state index contributed by atoms with van der Waals surface area (Å²) in [4.78, 5) is 55.8. The minimum atomic E-state index is -1.19. The SMILES string of the molecule is COc1ccc(-c2cnc(N)c(-c3ccc(CC(=O)c4cn(CC5CCOCC5)cc(-c5ccc(C)cc5)c4=O)cc3F)c2)cc1OC.Cc1ccc(-c2cn(CC3CCOCC3)cc(C(=O)O)c2=O)cc1. The molecule has 0 bridgehead atoms. The van der Waals surface area contributed by atoms with E-state index in [2.05, 4.69) is 4.98 Å². The molecule has 14 heteroatoms. The average Bonchev–Trinajstić information content (AvgIpc) is 3.38. The van der Waals surface area contributed by atoms with Gasteiger partial charge in [-0.25, -0.2) is 14.2 Å². The van der Waals surface area contributed by atoms with E-state index in [0.29, 0.717) is 77.5 Å². The lowest BCUT2D eigenvalue weighted by molar-refractivity contribution is 0.0609. The number of halogens is 1. The lowest BCUT2D eigenvalue weighted by atomic mass is 9.96. The van der Waals surface area contributed by atoms with E-state index in [-0.39, 0.29) is 40.1 Å². The molecule has 372 valence electrons. The third-order valence-electron chi connectivity index (χ3n) is 13.4. The molecule has 2 aliphatic heterocycles. The van der Waals surface area contributed by atoms with Crippen LogP contribution in [0.2, 0.25) is 0 Å². The Balaban J connectivity index is 0.000000241. The van der Waals surface area contributed by atoms with Gasteiger partial charge in [-0.15, -0.1) is 0 Å². The Hall–Kier alpha value is -7.68. The van der Waals surface area contributed by atoms with Crippen LogP contribution in [0.5, 0.6) is 11.5 Å². The van der Waals surface area contributed by atoms with Gasteiger partial charge in [-0.05, 0) is 97.9 Å². The van der Waals surface area contributed by atoms with Crippen LogP contribution in [0.15, 0.2) is 132 Å². The summed E-state index contributed by atoms with van der Waals surface area (Å²) >= 11 is 0. The molecule has 0 saturated carbocycles. The first-order valence-electron chi connectivity index (χ1n) is 24.1. The van der Waals surface area contributed by atoms with E-state index in [9.17, 15) is 24.3 Å². The highest BCUT2D eigenvalue weighted by Crippen LogP contribution is 2.36. The predicted molar refractivity (Wildman–Crippen MR) is 276 cm³/mol. The van der Waals surface area contributed by atoms with Crippen molar-refractivity contribution in [3.05, 3.63) is 176 Å². The molecular formula is C58H59FN4O9. The van der Waals surface area contributed by atoms with Crippen molar-refractivity contribution in [2.45, 2.75) is 59.0 Å². The first-order valence-corrected chi connectivity index (χ1v) is 24.1. The molecule has 3 N–H and O–H groups in total. The number of nitrogens with two attached hydrogens (primary N) is 1. The number of Topliss-reactive ketones (excluding diaryl/α,β-unsaturated/α-hetero) is 1. The number of rotatable bonds is 14. The van der Waals surface area contributed by atoms with Crippen molar-refractivity contribution in [2.75, 3.05) is 46.4 Å². The highest BCUT2D eigenvalue weighted by Gasteiger charge is 2.22. The van der Waals surface area contributed by atoms with Crippen molar-refractivity contribution < 1.29 is 38.0 Å². The van der Waals surface area contributed by atoms with Crippen molar-refractivity contribution >= 4 is 17.6 Å². The number of carboxylic acid groups (broad SMARTS) is 1. The average molecular weight is 975 g/mol. The minimum Gasteiger partial charge on any atom is -0.493 e. The Kier molecular flexibility index (Phi) is 16.2. The zero-order valence-electron chi connectivity index (χ0n) is 41.0. The van der Waals surface area contributed by atoms with Gasteiger partial charge in [0.2, 0.25) is 5.43 Å². The van der Waals surface area contributed by atoms with Crippen molar-refractivity contribution in [1.82, 2.24) is 14.1 Å². The Bertz CT molecular complexity index is 3190. The Morgan fingerprint density at radius 1 is 0.639 bits per heavy atom. The van der Waals surface area contributed by atoms with Crippen molar-refractivity contribution in [3.8, 4) is 56.0 Å². The number of benzene rings is 4. The van der Waals surface area contributed by atoms with Crippen LogP contribution in [0.25, 0.3) is 44.5 Å². The maximum atomic E-state index is 15.7. The third kappa shape index (κ3) is 12.1. The van der Waals surface area contributed by atoms with E-state index in [1.807, 2.05) is 89.8 Å². The molecular weight excluding hydrogens is 916 g/mol. The molecule has 0 unspecified atom stereocenters. The number of nitrogen functional groups attached to an aromatic ring is 1. The summed E-state index contributed by atoms with van der Waals surface area (Å²) in [5.74, 6) is 0.00357. The van der Waals surface area contributed by atoms with Crippen LogP contribution < -0.4 is 26.1 Å². The van der Waals surface area contributed by atoms with Crippen LogP contribution >= 0.6 is 0 Å². The number of methoxy groups -OCH3 is 2. The van der Waals surface area contributed by atoms with Crippen molar-refractivity contribution in [2.24, 2.45) is 11.8 Å². The van der Waals surface area contributed by atoms with Crippen LogP contribution in [0.1, 0.15) is 63.1 Å². The summed E-state index contributed by atoms with van der Waals surface area (Å²) < 4.78 is 41.2. The van der Waals surface area contributed by atoms with Gasteiger partial charge < -0.3 is 38.9 Å². The number of hydrogen-bond acceptors (Lipinski definition) is 10. The second kappa shape index (κ2) is 23.0. The van der Waals surface area contributed by atoms with Gasteiger partial charge in [0, 0.05) is 105 Å². The first-order chi connectivity index (χ1) is 34.8. The van der Waals surface area contributed by atoms with Crippen LogP contribution in [0.4, 0.5) is 10.2 Å². The normalized spacial score (nSPS) is 14.0. The van der Waals surface area contributed by atoms with Crippen LogP contribution in [-0.4, -0.2) is 71.6 Å². The lowest BCUT2D eigenvalue weighted by Crippen LogP contribution is -2.25. The van der Waals surface area contributed by atoms with Gasteiger partial charge >= 0.3 is 5.97 Å². The van der Waals surface area contributed by atoms with E-state index in [4.69, 9.17) is 24.7 Å². The molecule has 0 radical (unpaired) electrons. The topological polar surface area (TPSA) is 174 Å². The standard InChI is InChI=1S/C39H38FN3O5.C19H21NO4/c1-24-4-7-27(8-5-24)32-22-43(21-25-12-14-48-15-13-25)23-33(38(32)45)35(44)17-26-6-10-30(34(40)16-26)31-18-29(20-42-39(31)41)28-9-11-36(46-2)37(19-28)47-3;1-13-2-4-15(5-3-13)16-11-20(10-14-6-8-24-9-7-14)12-17(18(16)21)19(22)23/h4-11,16,18-20,22-23,25H,12-15,17,21H2,1-3H3,(H2,41,42);2-5,11-12,14H,6-10H2,1H3,(H,22,23). The lowest BCUT2D eigenvalue weighted by Gasteiger charge is -2.23. The van der Waals surface area contributed by atoms with E-state index >= 15 is 4.39 Å². The van der Waals surface area contributed by atoms with E-state index in [1.54, 1.807) is 57.1 Å². The van der Waals surface area contributed by atoms with E-state index in [0.717, 1.165) is 66.7 Å². The molecule has 0 aliphatic carbocycles. The summed E-state index contributed by atoms with van der Waals surface area (Å²) in [6.45, 7) is 8.20. The second-order valence-corrected chi connectivity index (χ2v) is 18.5. The molecule has 0 atom stereocenters. The van der Waals surface area contributed by atoms with E-state index in [1.165, 1.54) is 12.3 Å². The molecule has 72 heavy (non-hydrogen) atoms. The van der Waals surface area contributed by atoms with E-state index < -0.39 is 17.2 Å². The number of pyridine rings is 3. The quantitative estimate of drug-likeness (QED) is 0.0993. The highest BCUT2D eigenvalue weighted by atomic mass is 19.1. The Morgan fingerprint density at radius 3 is 1.67 bits per heavy atom. The molecule has 4 aromatic carbocycles. The summed E-state index contributed by atoms with van der Waals surface area (Å²) in [5, 5.41) is 9.38. The van der Waals surface area contributed by atoms with Gasteiger partial charge in [-0.3, -0.25) is 14.4 Å². The molecule has 2 saturated heterocycles. The molecule has 13 nitrogen and oxygen atoms in total. The first kappa shape index (κ1) is 50.7. The number of aromatic carboxylic acids is 1. The molecule has 3 aromatic heterocycles. The van der Waals surface area contributed by atoms with Gasteiger partial charge in [-0.2, -0.15) is 0 Å². The summed E-state index contributed by atoms with van der Waals surface area (Å²) in [7, 11) is 3.12. The molecule has 0 amide bonds. The van der Waals surface area contributed by atoms with Gasteiger partial charge in [0.25, 0.3) is 0 Å². The fraction of sp³-hybridized carbons (Fsp3) is 0.293. The number of aromatic nitrogens is 3. The smallest absolute Gasteiger partial charge is 0.341 e. The number of carbonyl (C=O) groups is 2. The number of carbonyl (C=O) groups excluding carboxylic acids is 1. The number of anilines is 1. The number of aryl methyl sites for hydroxylation is 2. The van der Waals surface area contributed by atoms with Crippen LogP contribution in [-0.2, 0) is 29.0 Å². The molecule has 7 aromatic rings.